The number of aryl methyl sites for hydroxylation is 1. The molecule has 0 aliphatic carbocycles. The zero-order chi connectivity index (χ0) is 16.5. The van der Waals surface area contributed by atoms with Crippen LogP contribution in [0.15, 0.2) is 65.8 Å². The maximum Gasteiger partial charge on any atom is 0.104 e. The van der Waals surface area contributed by atoms with Crippen molar-refractivity contribution in [1.29, 1.82) is 0 Å². The van der Waals surface area contributed by atoms with Gasteiger partial charge in [-0.15, -0.1) is 0 Å². The Balaban J connectivity index is 1.72. The first-order valence-electron chi connectivity index (χ1n) is 7.67. The minimum absolute atomic E-state index is 0.820. The lowest BCUT2D eigenvalue weighted by Gasteiger charge is -2.10. The van der Waals surface area contributed by atoms with Gasteiger partial charge in [0.2, 0.25) is 0 Å². The third kappa shape index (κ3) is 2.83. The van der Waals surface area contributed by atoms with Crippen LogP contribution in [0.3, 0.4) is 0 Å². The highest BCUT2D eigenvalue weighted by Gasteiger charge is 2.07. The Morgan fingerprint density at radius 2 is 2.08 bits per heavy atom. The summed E-state index contributed by atoms with van der Waals surface area (Å²) < 4.78 is 3.03. The summed E-state index contributed by atoms with van der Waals surface area (Å²) in [4.78, 5) is 13.4. The summed E-state index contributed by atoms with van der Waals surface area (Å²) in [5.41, 5.74) is 6.23. The molecule has 2 aromatic heterocycles. The number of nitrogens with zero attached hydrogens (tertiary/aromatic N) is 4. The van der Waals surface area contributed by atoms with Gasteiger partial charge in [-0.1, -0.05) is 18.2 Å². The van der Waals surface area contributed by atoms with Crippen LogP contribution in [0.25, 0.3) is 22.3 Å². The van der Waals surface area contributed by atoms with Gasteiger partial charge in [0, 0.05) is 29.0 Å². The maximum atomic E-state index is 4.77. The molecule has 0 radical (unpaired) electrons. The predicted molar refractivity (Wildman–Crippen MR) is 98.7 cm³/mol. The summed E-state index contributed by atoms with van der Waals surface area (Å²) in [6, 6.07) is 12.3. The van der Waals surface area contributed by atoms with Gasteiger partial charge in [0.25, 0.3) is 0 Å². The molecule has 0 spiro atoms. The van der Waals surface area contributed by atoms with Crippen molar-refractivity contribution >= 4 is 27.0 Å². The van der Waals surface area contributed by atoms with Gasteiger partial charge in [-0.2, -0.15) is 0 Å². The molecule has 4 nitrogen and oxygen atoms in total. The summed E-state index contributed by atoms with van der Waals surface area (Å²) in [5.74, 6) is 0. The lowest BCUT2D eigenvalue weighted by atomic mass is 10.0. The van der Waals surface area contributed by atoms with Gasteiger partial charge in [0.15, 0.2) is 0 Å². The number of rotatable bonds is 3. The van der Waals surface area contributed by atoms with E-state index in [1.54, 1.807) is 6.20 Å². The van der Waals surface area contributed by atoms with E-state index in [1.165, 1.54) is 11.1 Å². The van der Waals surface area contributed by atoms with Gasteiger partial charge in [-0.25, -0.2) is 9.97 Å². The summed E-state index contributed by atoms with van der Waals surface area (Å²) >= 11 is 3.55. The fourth-order valence-electron chi connectivity index (χ4n) is 2.75. The molecule has 0 saturated carbocycles. The summed E-state index contributed by atoms with van der Waals surface area (Å²) in [6.07, 6.45) is 7.44. The third-order valence-corrected chi connectivity index (χ3v) is 4.71. The van der Waals surface area contributed by atoms with Crippen LogP contribution in [0.1, 0.15) is 11.1 Å². The minimum Gasteiger partial charge on any atom is -0.333 e. The number of halogens is 1. The molecule has 24 heavy (non-hydrogen) atoms. The Labute approximate surface area is 148 Å². The smallest absolute Gasteiger partial charge is 0.104 e. The molecule has 4 aromatic rings. The molecule has 4 rings (SSSR count). The van der Waals surface area contributed by atoms with Crippen molar-refractivity contribution in [2.24, 2.45) is 0 Å². The van der Waals surface area contributed by atoms with E-state index in [2.05, 4.69) is 55.6 Å². The second-order valence-corrected chi connectivity index (χ2v) is 6.59. The fraction of sp³-hybridized carbons (Fsp3) is 0.105. The van der Waals surface area contributed by atoms with E-state index in [4.69, 9.17) is 4.98 Å². The average Bonchev–Trinajstić information content (AvgIpc) is 3.10. The Kier molecular flexibility index (Phi) is 3.86. The average molecular weight is 379 g/mol. The van der Waals surface area contributed by atoms with E-state index in [1.807, 2.05) is 36.9 Å². The summed E-state index contributed by atoms with van der Waals surface area (Å²) in [7, 11) is 0. The Morgan fingerprint density at radius 3 is 2.88 bits per heavy atom. The largest absolute Gasteiger partial charge is 0.333 e. The third-order valence-electron chi connectivity index (χ3n) is 4.07. The van der Waals surface area contributed by atoms with Crippen molar-refractivity contribution in [2.45, 2.75) is 13.5 Å². The number of benzene rings is 2. The Morgan fingerprint density at radius 1 is 1.17 bits per heavy atom. The topological polar surface area (TPSA) is 43.6 Å². The van der Waals surface area contributed by atoms with Crippen LogP contribution in [0.5, 0.6) is 0 Å². The van der Waals surface area contributed by atoms with Gasteiger partial charge >= 0.3 is 0 Å². The number of aromatic nitrogens is 4. The Bertz CT molecular complexity index is 1010. The fourth-order valence-corrected chi connectivity index (χ4v) is 3.19. The lowest BCUT2D eigenvalue weighted by molar-refractivity contribution is 0.792. The van der Waals surface area contributed by atoms with Crippen molar-refractivity contribution in [3.05, 3.63) is 76.9 Å². The molecule has 0 aliphatic rings. The molecule has 2 aromatic carbocycles. The number of hydrogen-bond acceptors (Lipinski definition) is 3. The van der Waals surface area contributed by atoms with Gasteiger partial charge in [-0.05, 0) is 52.2 Å². The molecule has 0 aliphatic heterocycles. The predicted octanol–water partition coefficient (Wildman–Crippen LogP) is 4.61. The van der Waals surface area contributed by atoms with Crippen LogP contribution in [-0.2, 0) is 6.54 Å². The van der Waals surface area contributed by atoms with Gasteiger partial charge in [-0.3, -0.25) is 4.98 Å². The number of imidazole rings is 1. The molecule has 0 amide bonds. The van der Waals surface area contributed by atoms with Crippen molar-refractivity contribution in [1.82, 2.24) is 19.5 Å². The van der Waals surface area contributed by atoms with Crippen LogP contribution in [0.2, 0.25) is 0 Å². The van der Waals surface area contributed by atoms with E-state index in [0.29, 0.717) is 0 Å². The van der Waals surface area contributed by atoms with Crippen molar-refractivity contribution < 1.29 is 0 Å². The van der Waals surface area contributed by atoms with Crippen LogP contribution in [-0.4, -0.2) is 19.5 Å². The molecule has 2 heterocycles. The molecule has 118 valence electrons. The number of hydrogen-bond donors (Lipinski definition) is 0. The summed E-state index contributed by atoms with van der Waals surface area (Å²) in [6.45, 7) is 2.95. The van der Waals surface area contributed by atoms with Gasteiger partial charge < -0.3 is 4.57 Å². The van der Waals surface area contributed by atoms with Crippen molar-refractivity contribution in [3.63, 3.8) is 0 Å². The first-order valence-corrected chi connectivity index (χ1v) is 8.47. The quantitative estimate of drug-likeness (QED) is 0.522. The Hall–Kier alpha value is -2.53. The molecular weight excluding hydrogens is 364 g/mol. The monoisotopic (exact) mass is 378 g/mol. The van der Waals surface area contributed by atoms with Crippen LogP contribution >= 0.6 is 15.9 Å². The second-order valence-electron chi connectivity index (χ2n) is 5.74. The van der Waals surface area contributed by atoms with Gasteiger partial charge in [0.05, 0.1) is 23.7 Å². The maximum absolute atomic E-state index is 4.77. The highest BCUT2D eigenvalue weighted by molar-refractivity contribution is 9.10. The molecule has 0 unspecified atom stereocenters. The zero-order valence-electron chi connectivity index (χ0n) is 13.1. The normalized spacial score (nSPS) is 11.1. The second kappa shape index (κ2) is 6.17. The molecule has 0 bridgehead atoms. The first kappa shape index (κ1) is 15.0. The SMILES string of the molecule is Cc1cc(-c2cnc3cccc(Br)c3n2)ccc1Cn1ccnc1. The molecule has 0 atom stereocenters. The van der Waals surface area contributed by atoms with E-state index < -0.39 is 0 Å². The molecular formula is C19H15BrN4. The number of para-hydroxylation sites is 1. The molecule has 0 fully saturated rings. The van der Waals surface area contributed by atoms with Crippen molar-refractivity contribution in [2.75, 3.05) is 0 Å². The van der Waals surface area contributed by atoms with Crippen LogP contribution < -0.4 is 0 Å². The molecule has 0 saturated heterocycles. The van der Waals surface area contributed by atoms with E-state index in [9.17, 15) is 0 Å². The van der Waals surface area contributed by atoms with Gasteiger partial charge in [0.1, 0.15) is 5.52 Å². The van der Waals surface area contributed by atoms with Crippen LogP contribution in [0.4, 0.5) is 0 Å². The van der Waals surface area contributed by atoms with E-state index >= 15 is 0 Å². The highest BCUT2D eigenvalue weighted by atomic mass is 79.9. The van der Waals surface area contributed by atoms with E-state index in [-0.39, 0.29) is 0 Å². The molecule has 5 heteroatoms. The minimum atomic E-state index is 0.820. The first-order chi connectivity index (χ1) is 11.7. The number of fused-ring (bicyclic) bond motifs is 1. The summed E-state index contributed by atoms with van der Waals surface area (Å²) in [5, 5.41) is 0. The van der Waals surface area contributed by atoms with Crippen LogP contribution in [0, 0.1) is 6.92 Å². The molecule has 0 N–H and O–H groups in total. The standard InChI is InChI=1S/C19H15BrN4/c1-13-9-14(5-6-15(13)11-24-8-7-21-12-24)18-10-22-17-4-2-3-16(20)19(17)23-18/h2-10,12H,11H2,1H3. The lowest BCUT2D eigenvalue weighted by Crippen LogP contribution is -1.99. The van der Waals surface area contributed by atoms with E-state index in [0.717, 1.165) is 33.3 Å². The van der Waals surface area contributed by atoms with Crippen molar-refractivity contribution in [3.8, 4) is 11.3 Å². The highest BCUT2D eigenvalue weighted by Crippen LogP contribution is 2.25. The zero-order valence-corrected chi connectivity index (χ0v) is 14.7.